The molecule has 0 aliphatic heterocycles. The Morgan fingerprint density at radius 1 is 1.12 bits per heavy atom. The number of nitrogens with one attached hydrogen (secondary N) is 2. The van der Waals surface area contributed by atoms with Gasteiger partial charge in [0, 0.05) is 19.5 Å². The summed E-state index contributed by atoms with van der Waals surface area (Å²) in [5.74, 6) is 0.153. The van der Waals surface area contributed by atoms with Crippen LogP contribution in [0.15, 0.2) is 0 Å². The number of carbonyl (C=O) groups is 1. The van der Waals surface area contributed by atoms with E-state index in [1.54, 1.807) is 0 Å². The number of hydrogen-bond donors (Lipinski definition) is 2. The SMILES string of the molecule is CCNCCC(=O)NCCCN(CC)CC. The average molecular weight is 229 g/mol. The van der Waals surface area contributed by atoms with Crippen LogP contribution in [0, 0.1) is 0 Å². The summed E-state index contributed by atoms with van der Waals surface area (Å²) in [4.78, 5) is 13.7. The lowest BCUT2D eigenvalue weighted by atomic mass is 10.3. The zero-order valence-corrected chi connectivity index (χ0v) is 11.0. The lowest BCUT2D eigenvalue weighted by molar-refractivity contribution is -0.121. The number of rotatable bonds is 10. The highest BCUT2D eigenvalue weighted by atomic mass is 16.1. The summed E-state index contributed by atoms with van der Waals surface area (Å²) in [5.41, 5.74) is 0. The molecule has 0 bridgehead atoms. The smallest absolute Gasteiger partial charge is 0.221 e. The molecule has 4 nitrogen and oxygen atoms in total. The maximum Gasteiger partial charge on any atom is 0.221 e. The minimum atomic E-state index is 0.153. The predicted octanol–water partition coefficient (Wildman–Crippen LogP) is 0.834. The fourth-order valence-corrected chi connectivity index (χ4v) is 1.54. The third-order valence-corrected chi connectivity index (χ3v) is 2.65. The van der Waals surface area contributed by atoms with Crippen LogP contribution >= 0.6 is 0 Å². The van der Waals surface area contributed by atoms with E-state index in [0.717, 1.165) is 45.7 Å². The van der Waals surface area contributed by atoms with Gasteiger partial charge in [-0.2, -0.15) is 0 Å². The molecule has 1 amide bonds. The molecule has 0 aromatic heterocycles. The molecule has 0 atom stereocenters. The first-order valence-electron chi connectivity index (χ1n) is 6.44. The van der Waals surface area contributed by atoms with E-state index in [2.05, 4.69) is 29.4 Å². The molecule has 0 heterocycles. The number of hydrogen-bond acceptors (Lipinski definition) is 3. The van der Waals surface area contributed by atoms with E-state index in [1.165, 1.54) is 0 Å². The van der Waals surface area contributed by atoms with E-state index in [-0.39, 0.29) is 5.91 Å². The van der Waals surface area contributed by atoms with Crippen LogP contribution in [0.3, 0.4) is 0 Å². The van der Waals surface area contributed by atoms with Crippen LogP contribution < -0.4 is 10.6 Å². The molecule has 0 aromatic carbocycles. The summed E-state index contributed by atoms with van der Waals surface area (Å²) in [6.45, 7) is 12.1. The molecule has 0 rings (SSSR count). The van der Waals surface area contributed by atoms with Crippen LogP contribution in [-0.4, -0.2) is 50.1 Å². The van der Waals surface area contributed by atoms with Crippen molar-refractivity contribution in [2.75, 3.05) is 39.3 Å². The van der Waals surface area contributed by atoms with Crippen molar-refractivity contribution in [3.63, 3.8) is 0 Å². The minimum absolute atomic E-state index is 0.153. The Balaban J connectivity index is 3.33. The maximum absolute atomic E-state index is 11.3. The summed E-state index contributed by atoms with van der Waals surface area (Å²) in [5, 5.41) is 6.08. The van der Waals surface area contributed by atoms with Gasteiger partial charge in [0.25, 0.3) is 0 Å². The van der Waals surface area contributed by atoms with Crippen molar-refractivity contribution >= 4 is 5.91 Å². The van der Waals surface area contributed by atoms with E-state index in [9.17, 15) is 4.79 Å². The van der Waals surface area contributed by atoms with Crippen LogP contribution in [-0.2, 0) is 4.79 Å². The molecule has 0 aromatic rings. The first-order chi connectivity index (χ1) is 7.74. The van der Waals surface area contributed by atoms with Crippen LogP contribution in [0.2, 0.25) is 0 Å². The van der Waals surface area contributed by atoms with Gasteiger partial charge in [-0.25, -0.2) is 0 Å². The van der Waals surface area contributed by atoms with E-state index in [4.69, 9.17) is 0 Å². The van der Waals surface area contributed by atoms with Gasteiger partial charge in [-0.1, -0.05) is 20.8 Å². The summed E-state index contributed by atoms with van der Waals surface area (Å²) >= 11 is 0. The molecule has 0 aliphatic rings. The second kappa shape index (κ2) is 10.9. The Bertz CT molecular complexity index is 170. The second-order valence-electron chi connectivity index (χ2n) is 3.83. The number of carbonyl (C=O) groups excluding carboxylic acids is 1. The van der Waals surface area contributed by atoms with E-state index in [0.29, 0.717) is 6.42 Å². The van der Waals surface area contributed by atoms with Gasteiger partial charge in [0.15, 0.2) is 0 Å². The van der Waals surface area contributed by atoms with Gasteiger partial charge in [0.2, 0.25) is 5.91 Å². The predicted molar refractivity (Wildman–Crippen MR) is 68.6 cm³/mol. The highest BCUT2D eigenvalue weighted by Crippen LogP contribution is 1.89. The Morgan fingerprint density at radius 2 is 1.81 bits per heavy atom. The topological polar surface area (TPSA) is 44.4 Å². The third kappa shape index (κ3) is 8.68. The molecule has 0 saturated carbocycles. The first-order valence-corrected chi connectivity index (χ1v) is 6.44. The summed E-state index contributed by atoms with van der Waals surface area (Å²) in [6, 6.07) is 0. The quantitative estimate of drug-likeness (QED) is 0.546. The minimum Gasteiger partial charge on any atom is -0.356 e. The number of amides is 1. The van der Waals surface area contributed by atoms with Crippen molar-refractivity contribution in [3.05, 3.63) is 0 Å². The van der Waals surface area contributed by atoms with Gasteiger partial charge < -0.3 is 15.5 Å². The molecule has 0 spiro atoms. The molecule has 0 saturated heterocycles. The van der Waals surface area contributed by atoms with Crippen molar-refractivity contribution in [1.29, 1.82) is 0 Å². The van der Waals surface area contributed by atoms with E-state index in [1.807, 2.05) is 6.92 Å². The molecule has 0 fully saturated rings. The lowest BCUT2D eigenvalue weighted by Crippen LogP contribution is -2.31. The summed E-state index contributed by atoms with van der Waals surface area (Å²) in [6.07, 6.45) is 1.62. The van der Waals surface area contributed by atoms with Gasteiger partial charge in [-0.05, 0) is 32.6 Å². The van der Waals surface area contributed by atoms with Crippen molar-refractivity contribution in [1.82, 2.24) is 15.5 Å². The van der Waals surface area contributed by atoms with Crippen molar-refractivity contribution in [3.8, 4) is 0 Å². The van der Waals surface area contributed by atoms with Gasteiger partial charge in [-0.3, -0.25) is 4.79 Å². The first kappa shape index (κ1) is 15.4. The van der Waals surface area contributed by atoms with Gasteiger partial charge in [-0.15, -0.1) is 0 Å². The fourth-order valence-electron chi connectivity index (χ4n) is 1.54. The molecule has 0 unspecified atom stereocenters. The third-order valence-electron chi connectivity index (χ3n) is 2.65. The molecule has 16 heavy (non-hydrogen) atoms. The molecule has 96 valence electrons. The standard InChI is InChI=1S/C12H27N3O/c1-4-13-10-8-12(16)14-9-7-11-15(5-2)6-3/h13H,4-11H2,1-3H3,(H,14,16). The van der Waals surface area contributed by atoms with Gasteiger partial charge >= 0.3 is 0 Å². The molecule has 2 N–H and O–H groups in total. The fraction of sp³-hybridized carbons (Fsp3) is 0.917. The van der Waals surface area contributed by atoms with Crippen molar-refractivity contribution in [2.24, 2.45) is 0 Å². The van der Waals surface area contributed by atoms with Crippen LogP contribution in [0.4, 0.5) is 0 Å². The molecule has 0 aliphatic carbocycles. The van der Waals surface area contributed by atoms with Gasteiger partial charge in [0.05, 0.1) is 0 Å². The molecule has 4 heteroatoms. The Kier molecular flexibility index (Phi) is 10.5. The highest BCUT2D eigenvalue weighted by molar-refractivity contribution is 5.75. The zero-order chi connectivity index (χ0) is 12.2. The van der Waals surface area contributed by atoms with Crippen LogP contribution in [0.5, 0.6) is 0 Å². The Morgan fingerprint density at radius 3 is 2.38 bits per heavy atom. The van der Waals surface area contributed by atoms with Crippen LogP contribution in [0.1, 0.15) is 33.6 Å². The lowest BCUT2D eigenvalue weighted by Gasteiger charge is -2.17. The highest BCUT2D eigenvalue weighted by Gasteiger charge is 2.01. The second-order valence-corrected chi connectivity index (χ2v) is 3.83. The Labute approximate surface area is 99.8 Å². The molecule has 0 radical (unpaired) electrons. The number of nitrogens with zero attached hydrogens (tertiary/aromatic N) is 1. The average Bonchev–Trinajstić information content (AvgIpc) is 2.30. The van der Waals surface area contributed by atoms with Crippen LogP contribution in [0.25, 0.3) is 0 Å². The molecular formula is C12H27N3O. The Hall–Kier alpha value is -0.610. The van der Waals surface area contributed by atoms with E-state index >= 15 is 0 Å². The summed E-state index contributed by atoms with van der Waals surface area (Å²) in [7, 11) is 0. The molecular weight excluding hydrogens is 202 g/mol. The zero-order valence-electron chi connectivity index (χ0n) is 11.0. The van der Waals surface area contributed by atoms with Crippen molar-refractivity contribution < 1.29 is 4.79 Å². The van der Waals surface area contributed by atoms with Gasteiger partial charge in [0.1, 0.15) is 0 Å². The summed E-state index contributed by atoms with van der Waals surface area (Å²) < 4.78 is 0. The largest absolute Gasteiger partial charge is 0.356 e. The normalized spacial score (nSPS) is 10.8. The maximum atomic E-state index is 11.3. The van der Waals surface area contributed by atoms with Crippen molar-refractivity contribution in [2.45, 2.75) is 33.6 Å². The van der Waals surface area contributed by atoms with E-state index < -0.39 is 0 Å². The monoisotopic (exact) mass is 229 g/mol.